The van der Waals surface area contributed by atoms with Gasteiger partial charge < -0.3 is 4.74 Å². The molecule has 0 spiro atoms. The minimum absolute atomic E-state index is 0.0998. The lowest BCUT2D eigenvalue weighted by atomic mass is 10.0. The first-order valence-corrected chi connectivity index (χ1v) is 6.37. The zero-order valence-corrected chi connectivity index (χ0v) is 12.1. The smallest absolute Gasteiger partial charge is 0.416 e. The normalized spacial score (nSPS) is 12.1. The van der Waals surface area contributed by atoms with Gasteiger partial charge in [-0.15, -0.1) is 0 Å². The van der Waals surface area contributed by atoms with Gasteiger partial charge in [0, 0.05) is 6.42 Å². The number of hydrogen-bond donors (Lipinski definition) is 0. The van der Waals surface area contributed by atoms with E-state index < -0.39 is 35.5 Å². The Morgan fingerprint density at radius 3 is 2.00 bits per heavy atom. The quantitative estimate of drug-likeness (QED) is 0.631. The van der Waals surface area contributed by atoms with Gasteiger partial charge in [-0.1, -0.05) is 12.1 Å². The zero-order valence-electron chi connectivity index (χ0n) is 12.1. The molecule has 21 heavy (non-hydrogen) atoms. The summed E-state index contributed by atoms with van der Waals surface area (Å²) in [5.74, 6) is -1.04. The average Bonchev–Trinajstić information content (AvgIpc) is 2.25. The van der Waals surface area contributed by atoms with Crippen LogP contribution in [0.5, 0.6) is 0 Å². The molecule has 0 aliphatic carbocycles. The monoisotopic (exact) mass is 302 g/mol. The third kappa shape index (κ3) is 6.42. The predicted molar refractivity (Wildman–Crippen MR) is 70.6 cm³/mol. The molecular weight excluding hydrogens is 285 g/mol. The van der Waals surface area contributed by atoms with Crippen molar-refractivity contribution in [3.05, 3.63) is 35.4 Å². The van der Waals surface area contributed by atoms with Crippen LogP contribution in [0.2, 0.25) is 0 Å². The molecule has 0 amide bonds. The van der Waals surface area contributed by atoms with Gasteiger partial charge in [0.2, 0.25) is 0 Å². The molecule has 1 aromatic carbocycles. The van der Waals surface area contributed by atoms with E-state index in [1.54, 1.807) is 20.8 Å². The molecule has 6 heteroatoms. The number of esters is 1. The minimum atomic E-state index is -4.40. The molecule has 0 unspecified atom stereocenters. The van der Waals surface area contributed by atoms with E-state index in [1.807, 2.05) is 0 Å². The Balaban J connectivity index is 2.58. The van der Waals surface area contributed by atoms with Crippen molar-refractivity contribution in [3.8, 4) is 0 Å². The standard InChI is InChI=1S/C15H17F3O3/c1-14(2,3)21-13(20)9-12(19)8-10-4-6-11(7-5-10)15(16,17)18/h4-7H,8-9H2,1-3H3. The summed E-state index contributed by atoms with van der Waals surface area (Å²) in [6.07, 6.45) is -4.89. The van der Waals surface area contributed by atoms with Gasteiger partial charge in [0.25, 0.3) is 0 Å². The zero-order chi connectivity index (χ0) is 16.3. The van der Waals surface area contributed by atoms with E-state index >= 15 is 0 Å². The molecule has 0 saturated heterocycles. The number of carbonyl (C=O) groups is 2. The van der Waals surface area contributed by atoms with Gasteiger partial charge >= 0.3 is 12.1 Å². The Labute approximate surface area is 121 Å². The molecule has 0 heterocycles. The number of ketones is 1. The highest BCUT2D eigenvalue weighted by molar-refractivity contribution is 5.96. The van der Waals surface area contributed by atoms with Gasteiger partial charge in [0.05, 0.1) is 5.56 Å². The molecular formula is C15H17F3O3. The van der Waals surface area contributed by atoms with Gasteiger partial charge in [-0.05, 0) is 38.5 Å². The van der Waals surface area contributed by atoms with Crippen LogP contribution < -0.4 is 0 Å². The van der Waals surface area contributed by atoms with E-state index in [2.05, 4.69) is 0 Å². The SMILES string of the molecule is CC(C)(C)OC(=O)CC(=O)Cc1ccc(C(F)(F)F)cc1. The van der Waals surface area contributed by atoms with Crippen molar-refractivity contribution in [1.29, 1.82) is 0 Å². The summed E-state index contributed by atoms with van der Waals surface area (Å²) in [4.78, 5) is 23.1. The Morgan fingerprint density at radius 2 is 1.57 bits per heavy atom. The maximum atomic E-state index is 12.4. The topological polar surface area (TPSA) is 43.4 Å². The van der Waals surface area contributed by atoms with Gasteiger partial charge in [-0.2, -0.15) is 13.2 Å². The highest BCUT2D eigenvalue weighted by Gasteiger charge is 2.30. The first kappa shape index (κ1) is 17.2. The lowest BCUT2D eigenvalue weighted by molar-refractivity contribution is -0.156. The summed E-state index contributed by atoms with van der Waals surface area (Å²) < 4.78 is 42.2. The molecule has 0 fully saturated rings. The van der Waals surface area contributed by atoms with Crippen LogP contribution in [0.3, 0.4) is 0 Å². The number of hydrogen-bond acceptors (Lipinski definition) is 3. The number of benzene rings is 1. The largest absolute Gasteiger partial charge is 0.460 e. The molecule has 116 valence electrons. The van der Waals surface area contributed by atoms with Gasteiger partial charge in [0.1, 0.15) is 17.8 Å². The van der Waals surface area contributed by atoms with E-state index in [0.717, 1.165) is 12.1 Å². The average molecular weight is 302 g/mol. The molecule has 0 bridgehead atoms. The van der Waals surface area contributed by atoms with E-state index in [4.69, 9.17) is 4.74 Å². The van der Waals surface area contributed by atoms with Crippen molar-refractivity contribution in [2.24, 2.45) is 0 Å². The van der Waals surface area contributed by atoms with E-state index in [-0.39, 0.29) is 6.42 Å². The number of ether oxygens (including phenoxy) is 1. The second-order valence-electron chi connectivity index (χ2n) is 5.67. The van der Waals surface area contributed by atoms with Crippen LogP contribution in [0.1, 0.15) is 38.3 Å². The number of carbonyl (C=O) groups excluding carboxylic acids is 2. The number of rotatable bonds is 4. The number of alkyl halides is 3. The number of halogens is 3. The Hall–Kier alpha value is -1.85. The van der Waals surface area contributed by atoms with Crippen LogP contribution in [-0.4, -0.2) is 17.4 Å². The van der Waals surface area contributed by atoms with Crippen molar-refractivity contribution in [1.82, 2.24) is 0 Å². The van der Waals surface area contributed by atoms with Crippen LogP contribution in [-0.2, 0) is 26.9 Å². The summed E-state index contributed by atoms with van der Waals surface area (Å²) in [6.45, 7) is 5.06. The van der Waals surface area contributed by atoms with Crippen molar-refractivity contribution in [3.63, 3.8) is 0 Å². The van der Waals surface area contributed by atoms with Crippen molar-refractivity contribution >= 4 is 11.8 Å². The summed E-state index contributed by atoms with van der Waals surface area (Å²) in [7, 11) is 0. The summed E-state index contributed by atoms with van der Waals surface area (Å²) in [5, 5.41) is 0. The maximum absolute atomic E-state index is 12.4. The molecule has 0 atom stereocenters. The molecule has 0 saturated carbocycles. The summed E-state index contributed by atoms with van der Waals surface area (Å²) in [5.41, 5.74) is -1.02. The van der Waals surface area contributed by atoms with Gasteiger partial charge in [-0.3, -0.25) is 9.59 Å². The van der Waals surface area contributed by atoms with Crippen LogP contribution in [0.25, 0.3) is 0 Å². The molecule has 0 aromatic heterocycles. The second kappa shape index (κ2) is 6.28. The Kier molecular flexibility index (Phi) is 5.15. The first-order valence-electron chi connectivity index (χ1n) is 6.37. The molecule has 0 radical (unpaired) electrons. The van der Waals surface area contributed by atoms with E-state index in [0.29, 0.717) is 5.56 Å². The molecule has 0 aliphatic rings. The van der Waals surface area contributed by atoms with E-state index in [1.165, 1.54) is 12.1 Å². The molecule has 1 aromatic rings. The molecule has 0 aliphatic heterocycles. The lowest BCUT2D eigenvalue weighted by Crippen LogP contribution is -2.25. The van der Waals surface area contributed by atoms with Gasteiger partial charge in [-0.25, -0.2) is 0 Å². The minimum Gasteiger partial charge on any atom is -0.460 e. The molecule has 0 N–H and O–H groups in total. The summed E-state index contributed by atoms with van der Waals surface area (Å²) >= 11 is 0. The van der Waals surface area contributed by atoms with Crippen molar-refractivity contribution in [2.75, 3.05) is 0 Å². The fourth-order valence-corrected chi connectivity index (χ4v) is 1.64. The molecule has 1 rings (SSSR count). The van der Waals surface area contributed by atoms with Crippen LogP contribution >= 0.6 is 0 Å². The Morgan fingerprint density at radius 1 is 1.05 bits per heavy atom. The first-order chi connectivity index (χ1) is 9.47. The van der Waals surface area contributed by atoms with E-state index in [9.17, 15) is 22.8 Å². The number of Topliss-reactive ketones (excluding diaryl/α,β-unsaturated/α-hetero) is 1. The maximum Gasteiger partial charge on any atom is 0.416 e. The fraction of sp³-hybridized carbons (Fsp3) is 0.467. The third-order valence-electron chi connectivity index (χ3n) is 2.44. The molecule has 3 nitrogen and oxygen atoms in total. The highest BCUT2D eigenvalue weighted by atomic mass is 19.4. The van der Waals surface area contributed by atoms with Crippen molar-refractivity contribution in [2.45, 2.75) is 45.4 Å². The second-order valence-corrected chi connectivity index (χ2v) is 5.67. The van der Waals surface area contributed by atoms with Gasteiger partial charge in [0.15, 0.2) is 0 Å². The summed E-state index contributed by atoms with van der Waals surface area (Å²) in [6, 6.07) is 4.29. The van der Waals surface area contributed by atoms with Crippen LogP contribution in [0.15, 0.2) is 24.3 Å². The Bertz CT molecular complexity index is 510. The van der Waals surface area contributed by atoms with Crippen LogP contribution in [0.4, 0.5) is 13.2 Å². The fourth-order valence-electron chi connectivity index (χ4n) is 1.64. The third-order valence-corrected chi connectivity index (χ3v) is 2.44. The highest BCUT2D eigenvalue weighted by Crippen LogP contribution is 2.29. The van der Waals surface area contributed by atoms with Crippen LogP contribution in [0, 0.1) is 0 Å². The van der Waals surface area contributed by atoms with Crippen molar-refractivity contribution < 1.29 is 27.5 Å². The lowest BCUT2D eigenvalue weighted by Gasteiger charge is -2.19. The predicted octanol–water partition coefficient (Wildman–Crippen LogP) is 3.55.